The van der Waals surface area contributed by atoms with Crippen molar-refractivity contribution in [1.82, 2.24) is 9.88 Å². The number of benzene rings is 1. The number of aromatic nitrogens is 1. The van der Waals surface area contributed by atoms with E-state index in [1.165, 1.54) is 11.8 Å². The molecule has 0 atom stereocenters. The summed E-state index contributed by atoms with van der Waals surface area (Å²) in [7, 11) is 1.65. The van der Waals surface area contributed by atoms with E-state index in [0.29, 0.717) is 5.75 Å². The van der Waals surface area contributed by atoms with Crippen LogP contribution >= 0.6 is 11.8 Å². The highest BCUT2D eigenvalue weighted by molar-refractivity contribution is 7.99. The number of para-hydroxylation sites is 1. The highest BCUT2D eigenvalue weighted by Gasteiger charge is 2.12. The molecule has 0 fully saturated rings. The van der Waals surface area contributed by atoms with Crippen molar-refractivity contribution >= 4 is 28.6 Å². The van der Waals surface area contributed by atoms with Gasteiger partial charge in [-0.1, -0.05) is 23.9 Å². The first-order valence-electron chi connectivity index (χ1n) is 7.45. The molecular weight excluding hydrogens is 296 g/mol. The zero-order chi connectivity index (χ0) is 16.1. The summed E-state index contributed by atoms with van der Waals surface area (Å²) in [6, 6.07) is 7.94. The molecule has 0 bridgehead atoms. The summed E-state index contributed by atoms with van der Waals surface area (Å²) in [6.07, 6.45) is 0. The van der Waals surface area contributed by atoms with Gasteiger partial charge in [-0.3, -0.25) is 4.79 Å². The normalized spacial score (nSPS) is 10.7. The monoisotopic (exact) mass is 318 g/mol. The Morgan fingerprint density at radius 3 is 2.68 bits per heavy atom. The Hall–Kier alpha value is -1.75. The smallest absolute Gasteiger partial charge is 0.232 e. The van der Waals surface area contributed by atoms with Crippen LogP contribution in [-0.2, 0) is 4.79 Å². The molecule has 0 aliphatic carbocycles. The van der Waals surface area contributed by atoms with Crippen molar-refractivity contribution in [3.05, 3.63) is 29.8 Å². The molecule has 118 valence electrons. The van der Waals surface area contributed by atoms with Gasteiger partial charge in [0, 0.05) is 18.5 Å². The Morgan fingerprint density at radius 2 is 2.05 bits per heavy atom. The van der Waals surface area contributed by atoms with Crippen LogP contribution in [0.15, 0.2) is 29.3 Å². The lowest BCUT2D eigenvalue weighted by molar-refractivity contribution is -0.127. The molecule has 1 aromatic carbocycles. The van der Waals surface area contributed by atoms with Gasteiger partial charge in [0.1, 0.15) is 11.3 Å². The number of thioether (sulfide) groups is 1. The molecular formula is C17H22N2O2S. The molecule has 0 aliphatic heterocycles. The standard InChI is InChI=1S/C17H22N2O2S/c1-5-19(6-2)16(20)11-22-15-10-12(3)13-8-7-9-14(21-4)17(13)18-15/h7-10H,5-6,11H2,1-4H3. The first kappa shape index (κ1) is 16.6. The van der Waals surface area contributed by atoms with Crippen LogP contribution < -0.4 is 4.74 Å². The molecule has 0 saturated carbocycles. The fraction of sp³-hybridized carbons (Fsp3) is 0.412. The summed E-state index contributed by atoms with van der Waals surface area (Å²) < 4.78 is 5.39. The van der Waals surface area contributed by atoms with Crippen LogP contribution in [0.3, 0.4) is 0 Å². The largest absolute Gasteiger partial charge is 0.494 e. The van der Waals surface area contributed by atoms with Crippen molar-refractivity contribution in [2.45, 2.75) is 25.8 Å². The maximum absolute atomic E-state index is 12.1. The minimum atomic E-state index is 0.148. The third kappa shape index (κ3) is 3.53. The lowest BCUT2D eigenvalue weighted by Crippen LogP contribution is -2.31. The van der Waals surface area contributed by atoms with Crippen LogP contribution in [0, 0.1) is 6.92 Å². The molecule has 1 heterocycles. The predicted molar refractivity (Wildman–Crippen MR) is 91.7 cm³/mol. The maximum atomic E-state index is 12.1. The van der Waals surface area contributed by atoms with Crippen molar-refractivity contribution in [3.8, 4) is 5.75 Å². The third-order valence-corrected chi connectivity index (χ3v) is 4.56. The quantitative estimate of drug-likeness (QED) is 0.764. The van der Waals surface area contributed by atoms with E-state index in [2.05, 4.69) is 11.9 Å². The van der Waals surface area contributed by atoms with Gasteiger partial charge < -0.3 is 9.64 Å². The highest BCUT2D eigenvalue weighted by atomic mass is 32.2. The number of nitrogens with zero attached hydrogens (tertiary/aromatic N) is 2. The van der Waals surface area contributed by atoms with E-state index in [4.69, 9.17) is 4.74 Å². The summed E-state index contributed by atoms with van der Waals surface area (Å²) in [4.78, 5) is 18.6. The topological polar surface area (TPSA) is 42.4 Å². The number of carbonyl (C=O) groups excluding carboxylic acids is 1. The second kappa shape index (κ2) is 7.49. The second-order valence-electron chi connectivity index (χ2n) is 4.99. The second-order valence-corrected chi connectivity index (χ2v) is 5.98. The number of rotatable bonds is 6. The van der Waals surface area contributed by atoms with Gasteiger partial charge in [-0.15, -0.1) is 0 Å². The van der Waals surface area contributed by atoms with Gasteiger partial charge in [-0.25, -0.2) is 4.98 Å². The van der Waals surface area contributed by atoms with E-state index >= 15 is 0 Å². The number of hydrogen-bond donors (Lipinski definition) is 0. The molecule has 1 aromatic heterocycles. The lowest BCUT2D eigenvalue weighted by atomic mass is 10.1. The molecule has 0 unspecified atom stereocenters. The molecule has 5 heteroatoms. The minimum Gasteiger partial charge on any atom is -0.494 e. The molecule has 4 nitrogen and oxygen atoms in total. The zero-order valence-electron chi connectivity index (χ0n) is 13.5. The molecule has 0 spiro atoms. The first-order valence-corrected chi connectivity index (χ1v) is 8.44. The molecule has 22 heavy (non-hydrogen) atoms. The van der Waals surface area contributed by atoms with Gasteiger partial charge in [-0.05, 0) is 38.5 Å². The average Bonchev–Trinajstić information content (AvgIpc) is 2.53. The van der Waals surface area contributed by atoms with Gasteiger partial charge >= 0.3 is 0 Å². The van der Waals surface area contributed by atoms with Crippen LogP contribution in [0.4, 0.5) is 0 Å². The Morgan fingerprint density at radius 1 is 1.32 bits per heavy atom. The average molecular weight is 318 g/mol. The number of fused-ring (bicyclic) bond motifs is 1. The number of hydrogen-bond acceptors (Lipinski definition) is 4. The summed E-state index contributed by atoms with van der Waals surface area (Å²) in [5.41, 5.74) is 1.99. The molecule has 0 radical (unpaired) electrons. The SMILES string of the molecule is CCN(CC)C(=O)CSc1cc(C)c2cccc(OC)c2n1. The van der Waals surface area contributed by atoms with Crippen LogP contribution in [0.25, 0.3) is 10.9 Å². The van der Waals surface area contributed by atoms with Crippen molar-refractivity contribution in [2.24, 2.45) is 0 Å². The van der Waals surface area contributed by atoms with Crippen molar-refractivity contribution in [3.63, 3.8) is 0 Å². The number of aryl methyl sites for hydroxylation is 1. The molecule has 0 aliphatic rings. The molecule has 1 amide bonds. The maximum Gasteiger partial charge on any atom is 0.232 e. The summed E-state index contributed by atoms with van der Waals surface area (Å²) in [5, 5.41) is 1.94. The number of amides is 1. The van der Waals surface area contributed by atoms with E-state index in [0.717, 1.165) is 40.3 Å². The Bertz CT molecular complexity index is 669. The van der Waals surface area contributed by atoms with Gasteiger partial charge in [0.25, 0.3) is 0 Å². The van der Waals surface area contributed by atoms with Crippen molar-refractivity contribution in [2.75, 3.05) is 26.0 Å². The molecule has 0 N–H and O–H groups in total. The van der Waals surface area contributed by atoms with Gasteiger partial charge in [0.05, 0.1) is 17.9 Å². The van der Waals surface area contributed by atoms with Gasteiger partial charge in [0.2, 0.25) is 5.91 Å². The molecule has 2 rings (SSSR count). The van der Waals surface area contributed by atoms with E-state index in [9.17, 15) is 4.79 Å². The lowest BCUT2D eigenvalue weighted by Gasteiger charge is -2.18. The fourth-order valence-corrected chi connectivity index (χ4v) is 3.27. The first-order chi connectivity index (χ1) is 10.6. The minimum absolute atomic E-state index is 0.148. The number of ether oxygens (including phenoxy) is 1. The predicted octanol–water partition coefficient (Wildman–Crippen LogP) is 3.51. The van der Waals surface area contributed by atoms with Crippen LogP contribution in [0.1, 0.15) is 19.4 Å². The van der Waals surface area contributed by atoms with Gasteiger partial charge in [-0.2, -0.15) is 0 Å². The van der Waals surface area contributed by atoms with Gasteiger partial charge in [0.15, 0.2) is 0 Å². The Labute approximate surface area is 135 Å². The van der Waals surface area contributed by atoms with Crippen LogP contribution in [-0.4, -0.2) is 41.7 Å². The van der Waals surface area contributed by atoms with E-state index in [-0.39, 0.29) is 5.91 Å². The number of pyridine rings is 1. The Kier molecular flexibility index (Phi) is 5.66. The van der Waals surface area contributed by atoms with Crippen molar-refractivity contribution < 1.29 is 9.53 Å². The number of methoxy groups -OCH3 is 1. The van der Waals surface area contributed by atoms with Crippen LogP contribution in [0.5, 0.6) is 5.75 Å². The van der Waals surface area contributed by atoms with Crippen LogP contribution in [0.2, 0.25) is 0 Å². The van der Waals surface area contributed by atoms with E-state index in [1.807, 2.05) is 43.0 Å². The summed E-state index contributed by atoms with van der Waals surface area (Å²) in [6.45, 7) is 7.53. The summed E-state index contributed by atoms with van der Waals surface area (Å²) >= 11 is 1.48. The van der Waals surface area contributed by atoms with E-state index < -0.39 is 0 Å². The third-order valence-electron chi connectivity index (χ3n) is 3.67. The molecule has 2 aromatic rings. The number of carbonyl (C=O) groups is 1. The fourth-order valence-electron chi connectivity index (χ4n) is 2.40. The van der Waals surface area contributed by atoms with Crippen molar-refractivity contribution in [1.29, 1.82) is 0 Å². The zero-order valence-corrected chi connectivity index (χ0v) is 14.4. The summed E-state index contributed by atoms with van der Waals surface area (Å²) in [5.74, 6) is 1.32. The van der Waals surface area contributed by atoms with E-state index in [1.54, 1.807) is 7.11 Å². The molecule has 0 saturated heterocycles. The Balaban J connectivity index is 2.24. The highest BCUT2D eigenvalue weighted by Crippen LogP contribution is 2.29.